The van der Waals surface area contributed by atoms with Crippen molar-refractivity contribution in [3.8, 4) is 5.75 Å². The van der Waals surface area contributed by atoms with E-state index in [0.29, 0.717) is 16.4 Å². The third-order valence-corrected chi connectivity index (χ3v) is 4.82. The number of halogens is 2. The van der Waals surface area contributed by atoms with Crippen molar-refractivity contribution in [3.05, 3.63) is 54.1 Å². The van der Waals surface area contributed by atoms with Crippen LogP contribution in [-0.4, -0.2) is 29.3 Å². The van der Waals surface area contributed by atoms with Gasteiger partial charge in [-0.2, -0.15) is 13.9 Å². The van der Waals surface area contributed by atoms with E-state index in [9.17, 15) is 13.6 Å². The van der Waals surface area contributed by atoms with Crippen LogP contribution in [0.25, 0.3) is 10.2 Å². The summed E-state index contributed by atoms with van der Waals surface area (Å²) in [7, 11) is 0. The minimum Gasteiger partial charge on any atom is -0.434 e. The molecule has 0 radical (unpaired) electrons. The molecule has 28 heavy (non-hydrogen) atoms. The fraction of sp³-hybridized carbons (Fsp3) is 0.211. The molecule has 146 valence electrons. The number of carbonyl (C=O) groups excluding carboxylic acids is 1. The van der Waals surface area contributed by atoms with Gasteiger partial charge in [-0.05, 0) is 38.1 Å². The molecule has 0 bridgehead atoms. The summed E-state index contributed by atoms with van der Waals surface area (Å²) in [6.07, 6.45) is 0. The lowest BCUT2D eigenvalue weighted by atomic mass is 10.1. The van der Waals surface area contributed by atoms with Gasteiger partial charge in [0.25, 0.3) is 5.91 Å². The Morgan fingerprint density at radius 3 is 2.64 bits per heavy atom. The number of para-hydroxylation sites is 2. The minimum absolute atomic E-state index is 0.00588. The summed E-state index contributed by atoms with van der Waals surface area (Å²) >= 11 is 1.45. The summed E-state index contributed by atoms with van der Waals surface area (Å²) in [6.45, 7) is 0.334. The second kappa shape index (κ2) is 8.75. The van der Waals surface area contributed by atoms with Crippen LogP contribution in [-0.2, 0) is 4.79 Å². The molecule has 0 saturated carbocycles. The number of nitrogens with one attached hydrogen (secondary N) is 2. The van der Waals surface area contributed by atoms with Crippen LogP contribution in [0.1, 0.15) is 19.4 Å². The number of rotatable bonds is 7. The molecule has 9 heteroatoms. The highest BCUT2D eigenvalue weighted by Gasteiger charge is 2.15. The number of benzene rings is 2. The largest absolute Gasteiger partial charge is 0.434 e. The highest BCUT2D eigenvalue weighted by molar-refractivity contribution is 7.22. The van der Waals surface area contributed by atoms with Crippen molar-refractivity contribution in [1.82, 2.24) is 10.4 Å². The molecule has 1 aromatic heterocycles. The summed E-state index contributed by atoms with van der Waals surface area (Å²) in [4.78, 5) is 16.7. The van der Waals surface area contributed by atoms with E-state index in [0.717, 1.165) is 10.2 Å². The number of ether oxygens (including phenoxy) is 1. The van der Waals surface area contributed by atoms with Crippen LogP contribution in [0.3, 0.4) is 0 Å². The number of hydrogen-bond donors (Lipinski definition) is 2. The first-order chi connectivity index (χ1) is 13.4. The number of anilines is 1. The lowest BCUT2D eigenvalue weighted by Crippen LogP contribution is -2.35. The van der Waals surface area contributed by atoms with Crippen molar-refractivity contribution in [2.24, 2.45) is 5.10 Å². The zero-order valence-electron chi connectivity index (χ0n) is 15.1. The summed E-state index contributed by atoms with van der Waals surface area (Å²) in [5.74, 6) is -0.389. The smallest absolute Gasteiger partial charge is 0.387 e. The van der Waals surface area contributed by atoms with Crippen LogP contribution >= 0.6 is 11.3 Å². The fourth-order valence-electron chi connectivity index (χ4n) is 2.44. The SMILES string of the molecule is C/C(=N/NC(=O)[C@@H](C)Nc1nc2ccccc2s1)c1ccccc1OC(F)F. The average Bonchev–Trinajstić information content (AvgIpc) is 3.08. The van der Waals surface area contributed by atoms with Gasteiger partial charge >= 0.3 is 6.61 Å². The van der Waals surface area contributed by atoms with Crippen LogP contribution in [0.15, 0.2) is 53.6 Å². The van der Waals surface area contributed by atoms with E-state index < -0.39 is 12.7 Å². The van der Waals surface area contributed by atoms with Gasteiger partial charge in [0.1, 0.15) is 11.8 Å². The Kier molecular flexibility index (Phi) is 6.15. The summed E-state index contributed by atoms with van der Waals surface area (Å²) < 4.78 is 30.5. The van der Waals surface area contributed by atoms with E-state index >= 15 is 0 Å². The molecule has 0 aliphatic carbocycles. The van der Waals surface area contributed by atoms with Gasteiger partial charge in [0.15, 0.2) is 5.13 Å². The predicted molar refractivity (Wildman–Crippen MR) is 106 cm³/mol. The molecule has 3 rings (SSSR count). The van der Waals surface area contributed by atoms with Crippen LogP contribution in [0.5, 0.6) is 5.75 Å². The van der Waals surface area contributed by atoms with E-state index in [1.54, 1.807) is 32.0 Å². The third kappa shape index (κ3) is 4.80. The average molecular weight is 404 g/mol. The lowest BCUT2D eigenvalue weighted by molar-refractivity contribution is -0.121. The molecule has 1 atom stereocenters. The number of alkyl halides is 2. The molecule has 0 aliphatic heterocycles. The third-order valence-electron chi connectivity index (χ3n) is 3.85. The number of nitrogens with zero attached hydrogens (tertiary/aromatic N) is 2. The van der Waals surface area contributed by atoms with E-state index in [-0.39, 0.29) is 11.7 Å². The first kappa shape index (κ1) is 19.7. The zero-order valence-corrected chi connectivity index (χ0v) is 16.0. The molecule has 1 amide bonds. The highest BCUT2D eigenvalue weighted by Crippen LogP contribution is 2.26. The van der Waals surface area contributed by atoms with Gasteiger partial charge in [-0.3, -0.25) is 4.79 Å². The van der Waals surface area contributed by atoms with Crippen LogP contribution in [0.4, 0.5) is 13.9 Å². The quantitative estimate of drug-likeness (QED) is 0.456. The van der Waals surface area contributed by atoms with E-state index in [2.05, 4.69) is 25.6 Å². The van der Waals surface area contributed by atoms with Crippen molar-refractivity contribution in [2.45, 2.75) is 26.5 Å². The van der Waals surface area contributed by atoms with Crippen molar-refractivity contribution in [2.75, 3.05) is 5.32 Å². The normalized spacial score (nSPS) is 12.8. The molecule has 0 unspecified atom stereocenters. The fourth-order valence-corrected chi connectivity index (χ4v) is 3.40. The maximum absolute atomic E-state index is 12.5. The van der Waals surface area contributed by atoms with Crippen molar-refractivity contribution >= 4 is 38.3 Å². The second-order valence-electron chi connectivity index (χ2n) is 5.90. The Morgan fingerprint density at radius 1 is 1.18 bits per heavy atom. The molecule has 0 spiro atoms. The molecule has 1 heterocycles. The maximum atomic E-state index is 12.5. The summed E-state index contributed by atoms with van der Waals surface area (Å²) in [5.41, 5.74) is 4.00. The Bertz CT molecular complexity index is 973. The van der Waals surface area contributed by atoms with E-state index in [1.807, 2.05) is 24.3 Å². The van der Waals surface area contributed by atoms with E-state index in [1.165, 1.54) is 17.4 Å². The molecule has 2 aromatic carbocycles. The Hall–Kier alpha value is -3.07. The second-order valence-corrected chi connectivity index (χ2v) is 6.93. The molecule has 2 N–H and O–H groups in total. The molecule has 0 fully saturated rings. The first-order valence-corrected chi connectivity index (χ1v) is 9.26. The topological polar surface area (TPSA) is 75.6 Å². The Morgan fingerprint density at radius 2 is 1.89 bits per heavy atom. The van der Waals surface area contributed by atoms with Gasteiger partial charge in [0.05, 0.1) is 15.9 Å². The number of fused-ring (bicyclic) bond motifs is 1. The first-order valence-electron chi connectivity index (χ1n) is 8.44. The van der Waals surface area contributed by atoms with Gasteiger partial charge in [0.2, 0.25) is 0 Å². The van der Waals surface area contributed by atoms with Crippen LogP contribution in [0, 0.1) is 0 Å². The summed E-state index contributed by atoms with van der Waals surface area (Å²) in [5, 5.41) is 7.66. The number of aromatic nitrogens is 1. The number of hydrazone groups is 1. The molecule has 0 saturated heterocycles. The van der Waals surface area contributed by atoms with Gasteiger partial charge in [-0.1, -0.05) is 35.6 Å². The Balaban J connectivity index is 1.65. The van der Waals surface area contributed by atoms with Crippen LogP contribution in [0.2, 0.25) is 0 Å². The van der Waals surface area contributed by atoms with Gasteiger partial charge in [0, 0.05) is 5.56 Å². The number of hydrogen-bond acceptors (Lipinski definition) is 6. The van der Waals surface area contributed by atoms with Crippen molar-refractivity contribution in [3.63, 3.8) is 0 Å². The van der Waals surface area contributed by atoms with Crippen LogP contribution < -0.4 is 15.5 Å². The monoisotopic (exact) mass is 404 g/mol. The zero-order chi connectivity index (χ0) is 20.1. The highest BCUT2D eigenvalue weighted by atomic mass is 32.1. The van der Waals surface area contributed by atoms with E-state index in [4.69, 9.17) is 0 Å². The summed E-state index contributed by atoms with van der Waals surface area (Å²) in [6, 6.07) is 13.3. The predicted octanol–water partition coefficient (Wildman–Crippen LogP) is 4.24. The molecule has 0 aliphatic rings. The molecule has 3 aromatic rings. The molecule has 6 nitrogen and oxygen atoms in total. The standard InChI is InChI=1S/C19H18F2N4O2S/c1-11(13-7-3-5-9-15(13)27-18(20)21)24-25-17(26)12(2)22-19-23-14-8-4-6-10-16(14)28-19/h3-10,12,18H,1-2H3,(H,22,23)(H,25,26)/b24-11-/t12-/m1/s1. The number of amides is 1. The van der Waals surface area contributed by atoms with Crippen molar-refractivity contribution < 1.29 is 18.3 Å². The molecular formula is C19H18F2N4O2S. The minimum atomic E-state index is -2.94. The molecular weight excluding hydrogens is 386 g/mol. The van der Waals surface area contributed by atoms with Gasteiger partial charge in [-0.15, -0.1) is 0 Å². The number of thiazole rings is 1. The lowest BCUT2D eigenvalue weighted by Gasteiger charge is -2.12. The van der Waals surface area contributed by atoms with Crippen molar-refractivity contribution in [1.29, 1.82) is 0 Å². The Labute approximate surface area is 164 Å². The number of carbonyl (C=O) groups is 1. The van der Waals surface area contributed by atoms with Gasteiger partial charge in [-0.25, -0.2) is 10.4 Å². The maximum Gasteiger partial charge on any atom is 0.387 e. The van der Waals surface area contributed by atoms with Gasteiger partial charge < -0.3 is 10.1 Å².